The molecule has 2 bridgehead atoms. The number of nitrogens with zero attached hydrogens (tertiary/aromatic N) is 5. The third-order valence-electron chi connectivity index (χ3n) is 8.08. The van der Waals surface area contributed by atoms with Gasteiger partial charge >= 0.3 is 12.1 Å². The second kappa shape index (κ2) is 8.10. The van der Waals surface area contributed by atoms with Crippen LogP contribution in [0.1, 0.15) is 56.7 Å². The van der Waals surface area contributed by atoms with Gasteiger partial charge in [0, 0.05) is 43.6 Å². The van der Waals surface area contributed by atoms with Crippen LogP contribution in [0.2, 0.25) is 0 Å². The zero-order valence-electron chi connectivity index (χ0n) is 19.6. The number of carbonyl (C=O) groups is 2. The maximum absolute atomic E-state index is 14.9. The summed E-state index contributed by atoms with van der Waals surface area (Å²) < 4.78 is 20.3. The van der Waals surface area contributed by atoms with Crippen molar-refractivity contribution in [3.8, 4) is 0 Å². The van der Waals surface area contributed by atoms with E-state index in [0.29, 0.717) is 62.9 Å². The van der Waals surface area contributed by atoms with Crippen LogP contribution in [-0.4, -0.2) is 75.4 Å². The standard InChI is InChI=1S/C24H29FN6O4/c1-24(21-27-20(35-28-21)14-5-6-14)7-9-29(10-8-24)22(32)26-19-17(25)3-2-4-18(19)30-12-16-11-15(30)13-31(16)23(33)34/h2-4,14-16H,5-13H2,1H3,(H,26,32)(H,33,34)/t15-,16-/m1/s1. The van der Waals surface area contributed by atoms with Crippen LogP contribution in [0, 0.1) is 5.82 Å². The van der Waals surface area contributed by atoms with Gasteiger partial charge in [0.15, 0.2) is 5.82 Å². The van der Waals surface area contributed by atoms with E-state index < -0.39 is 11.9 Å². The highest BCUT2D eigenvalue weighted by Crippen LogP contribution is 2.42. The van der Waals surface area contributed by atoms with Gasteiger partial charge in [0.05, 0.1) is 11.7 Å². The Labute approximate surface area is 202 Å². The summed E-state index contributed by atoms with van der Waals surface area (Å²) in [4.78, 5) is 34.3. The van der Waals surface area contributed by atoms with E-state index in [1.54, 1.807) is 17.0 Å². The van der Waals surface area contributed by atoms with Gasteiger partial charge in [0.1, 0.15) is 11.5 Å². The number of hydrogen-bond acceptors (Lipinski definition) is 6. The lowest BCUT2D eigenvalue weighted by molar-refractivity contribution is 0.137. The Hall–Kier alpha value is -3.37. The number of nitrogens with one attached hydrogen (secondary N) is 1. The van der Waals surface area contributed by atoms with Crippen LogP contribution in [0.3, 0.4) is 0 Å². The molecule has 0 spiro atoms. The van der Waals surface area contributed by atoms with Crippen molar-refractivity contribution in [2.45, 2.75) is 62.4 Å². The summed E-state index contributed by atoms with van der Waals surface area (Å²) in [6.07, 6.45) is 3.36. The molecule has 6 rings (SSSR count). The minimum absolute atomic E-state index is 0.0280. The summed E-state index contributed by atoms with van der Waals surface area (Å²) in [7, 11) is 0. The first-order valence-electron chi connectivity index (χ1n) is 12.3. The number of amides is 3. The van der Waals surface area contributed by atoms with Crippen LogP contribution in [0.5, 0.6) is 0 Å². The Bertz CT molecular complexity index is 1160. The SMILES string of the molecule is CC1(c2noc(C3CC3)n2)CCN(C(=O)Nc2c(F)cccc2N2C[C@H]3C[C@@H]2CN3C(=O)O)CC1. The molecule has 4 heterocycles. The molecule has 0 radical (unpaired) electrons. The molecule has 35 heavy (non-hydrogen) atoms. The fraction of sp³-hybridized carbons (Fsp3) is 0.583. The number of likely N-dealkylation sites (tertiary alicyclic amines) is 2. The topological polar surface area (TPSA) is 115 Å². The second-order valence-electron chi connectivity index (χ2n) is 10.5. The molecule has 0 unspecified atom stereocenters. The number of piperazine rings is 1. The van der Waals surface area contributed by atoms with Gasteiger partial charge in [-0.2, -0.15) is 4.98 Å². The molecule has 1 aromatic carbocycles. The number of para-hydroxylation sites is 1. The van der Waals surface area contributed by atoms with Crippen molar-refractivity contribution < 1.29 is 23.6 Å². The second-order valence-corrected chi connectivity index (χ2v) is 10.5. The highest BCUT2D eigenvalue weighted by molar-refractivity contribution is 5.93. The van der Waals surface area contributed by atoms with Crippen molar-refractivity contribution in [3.05, 3.63) is 35.7 Å². The van der Waals surface area contributed by atoms with Gasteiger partial charge in [-0.15, -0.1) is 0 Å². The molecule has 11 heteroatoms. The van der Waals surface area contributed by atoms with Gasteiger partial charge < -0.3 is 29.6 Å². The number of hydrogen-bond donors (Lipinski definition) is 2. The van der Waals surface area contributed by atoms with E-state index in [4.69, 9.17) is 4.52 Å². The van der Waals surface area contributed by atoms with E-state index in [1.165, 1.54) is 11.0 Å². The Kier molecular flexibility index (Phi) is 5.12. The smallest absolute Gasteiger partial charge is 0.407 e. The molecule has 2 N–H and O–H groups in total. The molecule has 1 aromatic heterocycles. The normalized spacial score (nSPS) is 25.3. The molecule has 4 fully saturated rings. The summed E-state index contributed by atoms with van der Waals surface area (Å²) >= 11 is 0. The molecule has 2 atom stereocenters. The molecule has 4 aliphatic rings. The Balaban J connectivity index is 1.13. The number of fused-ring (bicyclic) bond motifs is 2. The van der Waals surface area contributed by atoms with Gasteiger partial charge in [0.2, 0.25) is 5.89 Å². The zero-order valence-corrected chi connectivity index (χ0v) is 19.6. The summed E-state index contributed by atoms with van der Waals surface area (Å²) in [5.74, 6) is 1.32. The summed E-state index contributed by atoms with van der Waals surface area (Å²) in [6.45, 7) is 3.97. The molecule has 2 aromatic rings. The molecular formula is C24H29FN6O4. The van der Waals surface area contributed by atoms with Crippen LogP contribution in [0.15, 0.2) is 22.7 Å². The van der Waals surface area contributed by atoms with Gasteiger partial charge in [0.25, 0.3) is 0 Å². The first-order chi connectivity index (χ1) is 16.8. The number of halogens is 1. The minimum Gasteiger partial charge on any atom is -0.465 e. The lowest BCUT2D eigenvalue weighted by Gasteiger charge is -2.38. The highest BCUT2D eigenvalue weighted by atomic mass is 19.1. The average molecular weight is 485 g/mol. The molecule has 1 aliphatic carbocycles. The number of anilines is 2. The number of piperidine rings is 1. The predicted octanol–water partition coefficient (Wildman–Crippen LogP) is 3.61. The van der Waals surface area contributed by atoms with Crippen molar-refractivity contribution in [1.82, 2.24) is 19.9 Å². The Morgan fingerprint density at radius 3 is 2.63 bits per heavy atom. The van der Waals surface area contributed by atoms with Gasteiger partial charge in [-0.3, -0.25) is 0 Å². The molecule has 186 valence electrons. The van der Waals surface area contributed by atoms with Crippen molar-refractivity contribution in [3.63, 3.8) is 0 Å². The largest absolute Gasteiger partial charge is 0.465 e. The summed E-state index contributed by atoms with van der Waals surface area (Å²) in [5, 5.41) is 16.4. The van der Waals surface area contributed by atoms with Crippen LogP contribution in [0.25, 0.3) is 0 Å². The van der Waals surface area contributed by atoms with E-state index in [2.05, 4.69) is 22.4 Å². The van der Waals surface area contributed by atoms with Crippen molar-refractivity contribution in [1.29, 1.82) is 0 Å². The monoisotopic (exact) mass is 484 g/mol. The number of rotatable bonds is 4. The number of benzene rings is 1. The van der Waals surface area contributed by atoms with Gasteiger partial charge in [-0.25, -0.2) is 14.0 Å². The van der Waals surface area contributed by atoms with Crippen LogP contribution >= 0.6 is 0 Å². The molecule has 3 amide bonds. The maximum Gasteiger partial charge on any atom is 0.407 e. The summed E-state index contributed by atoms with van der Waals surface area (Å²) in [6, 6.07) is 4.24. The number of carboxylic acid groups (broad SMARTS) is 1. The van der Waals surface area contributed by atoms with Gasteiger partial charge in [-0.05, 0) is 44.2 Å². The first kappa shape index (κ1) is 22.1. The minimum atomic E-state index is -0.924. The number of carbonyl (C=O) groups excluding carboxylic acids is 1. The maximum atomic E-state index is 14.9. The molecule has 1 saturated carbocycles. The first-order valence-corrected chi connectivity index (χ1v) is 12.3. The quantitative estimate of drug-likeness (QED) is 0.681. The summed E-state index contributed by atoms with van der Waals surface area (Å²) in [5.41, 5.74) is 0.478. The molecular weight excluding hydrogens is 455 g/mol. The lowest BCUT2D eigenvalue weighted by atomic mass is 9.80. The number of urea groups is 1. The van der Waals surface area contributed by atoms with E-state index >= 15 is 0 Å². The van der Waals surface area contributed by atoms with E-state index in [0.717, 1.165) is 18.7 Å². The number of aromatic nitrogens is 2. The van der Waals surface area contributed by atoms with Gasteiger partial charge in [-0.1, -0.05) is 18.1 Å². The van der Waals surface area contributed by atoms with Crippen LogP contribution < -0.4 is 10.2 Å². The predicted molar refractivity (Wildman–Crippen MR) is 124 cm³/mol. The van der Waals surface area contributed by atoms with E-state index in [1.807, 2.05) is 4.90 Å². The van der Waals surface area contributed by atoms with E-state index in [9.17, 15) is 19.1 Å². The zero-order chi connectivity index (χ0) is 24.3. The fourth-order valence-corrected chi connectivity index (χ4v) is 5.66. The molecule has 3 aliphatic heterocycles. The third-order valence-corrected chi connectivity index (χ3v) is 8.08. The highest BCUT2D eigenvalue weighted by Gasteiger charge is 2.46. The Morgan fingerprint density at radius 1 is 1.20 bits per heavy atom. The van der Waals surface area contributed by atoms with Crippen LogP contribution in [-0.2, 0) is 5.41 Å². The van der Waals surface area contributed by atoms with Crippen molar-refractivity contribution in [2.24, 2.45) is 0 Å². The average Bonchev–Trinajstić information content (AvgIpc) is 3.24. The molecule has 10 nitrogen and oxygen atoms in total. The lowest BCUT2D eigenvalue weighted by Crippen LogP contribution is -2.49. The Morgan fingerprint density at radius 2 is 1.97 bits per heavy atom. The van der Waals surface area contributed by atoms with Crippen molar-refractivity contribution >= 4 is 23.5 Å². The van der Waals surface area contributed by atoms with Crippen molar-refractivity contribution in [2.75, 3.05) is 36.4 Å². The fourth-order valence-electron chi connectivity index (χ4n) is 5.66. The van der Waals surface area contributed by atoms with E-state index in [-0.39, 0.29) is 29.2 Å². The third kappa shape index (κ3) is 3.86. The molecule has 3 saturated heterocycles. The van der Waals surface area contributed by atoms with Crippen LogP contribution in [0.4, 0.5) is 25.4 Å².